The molecular weight excluding hydrogens is 136 g/mol. The molecule has 0 fully saturated rings. The Bertz CT molecular complexity index is 260. The van der Waals surface area contributed by atoms with Crippen molar-refractivity contribution in [2.75, 3.05) is 0 Å². The largest absolute Gasteiger partial charge is 0.469 e. The highest BCUT2D eigenvalue weighted by molar-refractivity contribution is 5.28. The second-order valence-electron chi connectivity index (χ2n) is 3.67. The number of hydrogen-bond acceptors (Lipinski definition) is 1. The van der Waals surface area contributed by atoms with Crippen molar-refractivity contribution in [3.05, 3.63) is 23.2 Å². The minimum absolute atomic E-state index is 0.813. The predicted octanol–water partition coefficient (Wildman–Crippen LogP) is 2.71. The maximum Gasteiger partial charge on any atom is 0.107 e. The average Bonchev–Trinajstić information content (AvgIpc) is 2.32. The number of fused-ring (bicyclic) bond motifs is 1. The van der Waals surface area contributed by atoms with Gasteiger partial charge in [-0.2, -0.15) is 0 Å². The van der Waals surface area contributed by atoms with Gasteiger partial charge in [0, 0.05) is 6.42 Å². The number of aryl methyl sites for hydroxylation is 1. The molecule has 60 valence electrons. The molecule has 0 saturated heterocycles. The van der Waals surface area contributed by atoms with Crippen molar-refractivity contribution < 1.29 is 4.42 Å². The summed E-state index contributed by atoms with van der Waals surface area (Å²) in [5.41, 5.74) is 2.81. The fourth-order valence-electron chi connectivity index (χ4n) is 1.84. The van der Waals surface area contributed by atoms with Gasteiger partial charge >= 0.3 is 0 Å². The molecule has 0 aliphatic heterocycles. The van der Waals surface area contributed by atoms with E-state index in [1.54, 1.807) is 0 Å². The maximum absolute atomic E-state index is 5.46. The van der Waals surface area contributed by atoms with E-state index in [9.17, 15) is 0 Å². The summed E-state index contributed by atoms with van der Waals surface area (Å²) in [6.45, 7) is 4.43. The van der Waals surface area contributed by atoms with Crippen LogP contribution in [-0.2, 0) is 12.8 Å². The molecule has 1 atom stereocenters. The molecule has 0 amide bonds. The van der Waals surface area contributed by atoms with Gasteiger partial charge in [0.2, 0.25) is 0 Å². The molecule has 0 aromatic carbocycles. The van der Waals surface area contributed by atoms with E-state index in [1.165, 1.54) is 29.7 Å². The summed E-state index contributed by atoms with van der Waals surface area (Å²) in [6.07, 6.45) is 5.58. The second-order valence-corrected chi connectivity index (χ2v) is 3.67. The van der Waals surface area contributed by atoms with Crippen molar-refractivity contribution in [3.8, 4) is 0 Å². The summed E-state index contributed by atoms with van der Waals surface area (Å²) in [7, 11) is 0. The molecule has 1 aromatic rings. The molecule has 0 N–H and O–H groups in total. The van der Waals surface area contributed by atoms with E-state index >= 15 is 0 Å². The third kappa shape index (κ3) is 1.09. The SMILES string of the molecule is Cc1coc2c1CC[C@@H](C)C2. The van der Waals surface area contributed by atoms with Crippen LogP contribution in [0.1, 0.15) is 30.2 Å². The first-order valence-corrected chi connectivity index (χ1v) is 4.33. The Kier molecular flexibility index (Phi) is 1.52. The lowest BCUT2D eigenvalue weighted by atomic mass is 9.88. The molecule has 1 nitrogen and oxygen atoms in total. The highest BCUT2D eigenvalue weighted by atomic mass is 16.3. The Hall–Kier alpha value is -0.720. The van der Waals surface area contributed by atoms with Gasteiger partial charge in [-0.15, -0.1) is 0 Å². The molecule has 0 unspecified atom stereocenters. The van der Waals surface area contributed by atoms with E-state index < -0.39 is 0 Å². The Morgan fingerprint density at radius 1 is 1.55 bits per heavy atom. The molecule has 0 bridgehead atoms. The van der Waals surface area contributed by atoms with Crippen molar-refractivity contribution in [2.45, 2.75) is 33.1 Å². The van der Waals surface area contributed by atoms with Crippen LogP contribution >= 0.6 is 0 Å². The van der Waals surface area contributed by atoms with Crippen molar-refractivity contribution >= 4 is 0 Å². The molecule has 1 aliphatic rings. The normalized spacial score (nSPS) is 23.3. The van der Waals surface area contributed by atoms with Crippen LogP contribution in [0.25, 0.3) is 0 Å². The highest BCUT2D eigenvalue weighted by Gasteiger charge is 2.19. The van der Waals surface area contributed by atoms with Gasteiger partial charge < -0.3 is 4.42 Å². The van der Waals surface area contributed by atoms with Crippen LogP contribution in [0.4, 0.5) is 0 Å². The summed E-state index contributed by atoms with van der Waals surface area (Å²) in [5.74, 6) is 2.05. The van der Waals surface area contributed by atoms with Crippen LogP contribution in [0.2, 0.25) is 0 Å². The molecule has 0 radical (unpaired) electrons. The standard InChI is InChI=1S/C10H14O/c1-7-3-4-9-8(2)6-11-10(9)5-7/h6-7H,3-5H2,1-2H3/t7-/m1/s1. The van der Waals surface area contributed by atoms with Gasteiger partial charge in [0.15, 0.2) is 0 Å². The van der Waals surface area contributed by atoms with E-state index in [4.69, 9.17) is 4.42 Å². The van der Waals surface area contributed by atoms with Gasteiger partial charge in [-0.25, -0.2) is 0 Å². The third-order valence-corrected chi connectivity index (χ3v) is 2.61. The first-order chi connectivity index (χ1) is 5.27. The zero-order valence-electron chi connectivity index (χ0n) is 7.18. The molecule has 0 spiro atoms. The monoisotopic (exact) mass is 150 g/mol. The van der Waals surface area contributed by atoms with Gasteiger partial charge in [0.1, 0.15) is 5.76 Å². The van der Waals surface area contributed by atoms with E-state index in [1.807, 2.05) is 6.26 Å². The lowest BCUT2D eigenvalue weighted by molar-refractivity contribution is 0.413. The molecule has 2 rings (SSSR count). The minimum atomic E-state index is 0.813. The van der Waals surface area contributed by atoms with Gasteiger partial charge in [0.05, 0.1) is 6.26 Å². The first-order valence-electron chi connectivity index (χ1n) is 4.33. The van der Waals surface area contributed by atoms with Crippen LogP contribution in [0.3, 0.4) is 0 Å². The summed E-state index contributed by atoms with van der Waals surface area (Å²) in [4.78, 5) is 0. The molecule has 1 aliphatic carbocycles. The Morgan fingerprint density at radius 3 is 3.18 bits per heavy atom. The van der Waals surface area contributed by atoms with E-state index in [0.29, 0.717) is 0 Å². The molecule has 1 heterocycles. The topological polar surface area (TPSA) is 13.1 Å². The fourth-order valence-corrected chi connectivity index (χ4v) is 1.84. The summed E-state index contributed by atoms with van der Waals surface area (Å²) < 4.78 is 5.46. The molecule has 1 heteroatoms. The minimum Gasteiger partial charge on any atom is -0.469 e. The first kappa shape index (κ1) is 6.96. The van der Waals surface area contributed by atoms with Gasteiger partial charge in [0.25, 0.3) is 0 Å². The quantitative estimate of drug-likeness (QED) is 0.554. The van der Waals surface area contributed by atoms with Crippen molar-refractivity contribution in [1.82, 2.24) is 0 Å². The van der Waals surface area contributed by atoms with Crippen LogP contribution < -0.4 is 0 Å². The van der Waals surface area contributed by atoms with Gasteiger partial charge in [-0.1, -0.05) is 6.92 Å². The molecular formula is C10H14O. The predicted molar refractivity (Wildman–Crippen MR) is 44.6 cm³/mol. The fraction of sp³-hybridized carbons (Fsp3) is 0.600. The summed E-state index contributed by atoms with van der Waals surface area (Å²) in [6, 6.07) is 0. The number of hydrogen-bond donors (Lipinski definition) is 0. The summed E-state index contributed by atoms with van der Waals surface area (Å²) >= 11 is 0. The van der Waals surface area contributed by atoms with Crippen molar-refractivity contribution in [1.29, 1.82) is 0 Å². The Morgan fingerprint density at radius 2 is 2.36 bits per heavy atom. The summed E-state index contributed by atoms with van der Waals surface area (Å²) in [5, 5.41) is 0. The molecule has 11 heavy (non-hydrogen) atoms. The van der Waals surface area contributed by atoms with E-state index in [-0.39, 0.29) is 0 Å². The van der Waals surface area contributed by atoms with Crippen LogP contribution in [-0.4, -0.2) is 0 Å². The average molecular weight is 150 g/mol. The second kappa shape index (κ2) is 2.40. The van der Waals surface area contributed by atoms with E-state index in [0.717, 1.165) is 12.3 Å². The zero-order chi connectivity index (χ0) is 7.84. The van der Waals surface area contributed by atoms with Gasteiger partial charge in [-0.05, 0) is 36.8 Å². The lowest BCUT2D eigenvalue weighted by Crippen LogP contribution is -2.09. The number of furan rings is 1. The van der Waals surface area contributed by atoms with Crippen LogP contribution in [0.15, 0.2) is 10.7 Å². The Balaban J connectivity index is 2.36. The van der Waals surface area contributed by atoms with Crippen LogP contribution in [0.5, 0.6) is 0 Å². The third-order valence-electron chi connectivity index (χ3n) is 2.61. The van der Waals surface area contributed by atoms with Gasteiger partial charge in [-0.3, -0.25) is 0 Å². The smallest absolute Gasteiger partial charge is 0.107 e. The zero-order valence-corrected chi connectivity index (χ0v) is 7.18. The number of rotatable bonds is 0. The lowest BCUT2D eigenvalue weighted by Gasteiger charge is -2.16. The van der Waals surface area contributed by atoms with Crippen molar-refractivity contribution in [3.63, 3.8) is 0 Å². The van der Waals surface area contributed by atoms with Crippen LogP contribution in [0, 0.1) is 12.8 Å². The highest BCUT2D eigenvalue weighted by Crippen LogP contribution is 2.28. The van der Waals surface area contributed by atoms with Crippen molar-refractivity contribution in [2.24, 2.45) is 5.92 Å². The maximum atomic E-state index is 5.46. The molecule has 1 aromatic heterocycles. The molecule has 0 saturated carbocycles. The Labute approximate surface area is 67.4 Å². The van der Waals surface area contributed by atoms with E-state index in [2.05, 4.69) is 13.8 Å².